The molecule has 4 heteroatoms. The van der Waals surface area contributed by atoms with Crippen LogP contribution in [0.15, 0.2) is 30.3 Å². The van der Waals surface area contributed by atoms with Gasteiger partial charge in [-0.3, -0.25) is 4.79 Å². The maximum Gasteiger partial charge on any atom is 0.338 e. The zero-order valence-electron chi connectivity index (χ0n) is 10.6. The van der Waals surface area contributed by atoms with Crippen LogP contribution in [0.3, 0.4) is 0 Å². The number of hydrogen-bond acceptors (Lipinski definition) is 3. The molecule has 1 amide bonds. The number of hydroxylamine groups is 1. The molecule has 0 radical (unpaired) electrons. The average molecular weight is 235 g/mol. The quantitative estimate of drug-likeness (QED) is 0.703. The van der Waals surface area contributed by atoms with E-state index in [4.69, 9.17) is 4.84 Å². The zero-order valence-corrected chi connectivity index (χ0v) is 10.6. The first-order chi connectivity index (χ1) is 7.82. The normalized spacial score (nSPS) is 10.8. The Morgan fingerprint density at radius 2 is 1.65 bits per heavy atom. The summed E-state index contributed by atoms with van der Waals surface area (Å²) in [6.45, 7) is 6.55. The molecule has 0 fully saturated rings. The van der Waals surface area contributed by atoms with Gasteiger partial charge in [0.1, 0.15) is 0 Å². The van der Waals surface area contributed by atoms with Crippen LogP contribution in [0, 0.1) is 5.41 Å². The lowest BCUT2D eigenvalue weighted by atomic mass is 9.98. The molecule has 0 spiro atoms. The van der Waals surface area contributed by atoms with Crippen LogP contribution in [-0.4, -0.2) is 11.9 Å². The van der Waals surface area contributed by atoms with Crippen LogP contribution in [0.1, 0.15) is 27.7 Å². The predicted molar refractivity (Wildman–Crippen MR) is 65.1 cm³/mol. The summed E-state index contributed by atoms with van der Waals surface area (Å²) in [5, 5.41) is 1.01. The molecule has 0 bridgehead atoms. The van der Waals surface area contributed by atoms with Crippen molar-refractivity contribution in [1.82, 2.24) is 0 Å². The third kappa shape index (κ3) is 3.59. The summed E-state index contributed by atoms with van der Waals surface area (Å²) < 4.78 is 0. The van der Waals surface area contributed by atoms with Crippen molar-refractivity contribution in [2.24, 2.45) is 5.41 Å². The molecule has 0 aliphatic rings. The Balaban J connectivity index is 2.90. The Morgan fingerprint density at radius 3 is 2.06 bits per heavy atom. The minimum atomic E-state index is -0.650. The van der Waals surface area contributed by atoms with E-state index in [1.807, 2.05) is 6.07 Å². The van der Waals surface area contributed by atoms with Crippen LogP contribution in [0.2, 0.25) is 0 Å². The molecule has 4 nitrogen and oxygen atoms in total. The summed E-state index contributed by atoms with van der Waals surface area (Å²) in [6.07, 6.45) is 0. The summed E-state index contributed by atoms with van der Waals surface area (Å²) in [5.41, 5.74) is -0.111. The molecule has 0 heterocycles. The van der Waals surface area contributed by atoms with Crippen molar-refractivity contribution in [3.63, 3.8) is 0 Å². The number of rotatable bonds is 1. The van der Waals surface area contributed by atoms with Crippen molar-refractivity contribution in [3.8, 4) is 0 Å². The molecular formula is C13H17NO3. The Morgan fingerprint density at radius 1 is 1.12 bits per heavy atom. The highest BCUT2D eigenvalue weighted by atomic mass is 16.7. The maximum absolute atomic E-state index is 11.7. The summed E-state index contributed by atoms with van der Waals surface area (Å²) in [4.78, 5) is 28.3. The van der Waals surface area contributed by atoms with Gasteiger partial charge in [0.05, 0.1) is 11.1 Å². The number of amides is 1. The van der Waals surface area contributed by atoms with E-state index in [-0.39, 0.29) is 5.91 Å². The maximum atomic E-state index is 11.7. The fraction of sp³-hybridized carbons (Fsp3) is 0.385. The SMILES string of the molecule is CC(=O)N(OC(=O)C(C)(C)C)c1ccccc1. The minimum absolute atomic E-state index is 0.339. The number of carbonyl (C=O) groups is 2. The molecule has 1 aromatic rings. The number of anilines is 1. The van der Waals surface area contributed by atoms with Crippen molar-refractivity contribution in [2.75, 3.05) is 5.06 Å². The fourth-order valence-electron chi connectivity index (χ4n) is 1.08. The van der Waals surface area contributed by atoms with Gasteiger partial charge in [0, 0.05) is 6.92 Å². The van der Waals surface area contributed by atoms with Gasteiger partial charge < -0.3 is 4.84 Å². The molecule has 1 aromatic carbocycles. The Bertz CT molecular complexity index is 406. The molecule has 0 aliphatic carbocycles. The van der Waals surface area contributed by atoms with Gasteiger partial charge in [-0.15, -0.1) is 5.06 Å². The molecule has 1 rings (SSSR count). The second kappa shape index (κ2) is 4.99. The van der Waals surface area contributed by atoms with Gasteiger partial charge >= 0.3 is 5.97 Å². The Labute approximate surface area is 101 Å². The van der Waals surface area contributed by atoms with Crippen LogP contribution in [0.25, 0.3) is 0 Å². The van der Waals surface area contributed by atoms with Crippen molar-refractivity contribution in [2.45, 2.75) is 27.7 Å². The molecule has 0 aliphatic heterocycles. The molecule has 17 heavy (non-hydrogen) atoms. The van der Waals surface area contributed by atoms with E-state index in [1.54, 1.807) is 45.0 Å². The molecule has 0 aromatic heterocycles. The first-order valence-electron chi connectivity index (χ1n) is 5.40. The van der Waals surface area contributed by atoms with Crippen molar-refractivity contribution >= 4 is 17.6 Å². The first-order valence-corrected chi connectivity index (χ1v) is 5.40. The van der Waals surface area contributed by atoms with Gasteiger partial charge in [0.2, 0.25) is 0 Å². The van der Waals surface area contributed by atoms with Crippen LogP contribution in [0.4, 0.5) is 5.69 Å². The summed E-state index contributed by atoms with van der Waals surface area (Å²) >= 11 is 0. The van der Waals surface area contributed by atoms with E-state index in [2.05, 4.69) is 0 Å². The van der Waals surface area contributed by atoms with Crippen LogP contribution in [-0.2, 0) is 14.4 Å². The summed E-state index contributed by atoms with van der Waals surface area (Å²) in [6, 6.07) is 8.79. The topological polar surface area (TPSA) is 46.6 Å². The fourth-order valence-corrected chi connectivity index (χ4v) is 1.08. The largest absolute Gasteiger partial charge is 0.338 e. The molecular weight excluding hydrogens is 218 g/mol. The van der Waals surface area contributed by atoms with Gasteiger partial charge in [-0.25, -0.2) is 4.79 Å². The number of para-hydroxylation sites is 1. The zero-order chi connectivity index (χ0) is 13.1. The van der Waals surface area contributed by atoms with Crippen LogP contribution >= 0.6 is 0 Å². The first kappa shape index (κ1) is 13.2. The molecule has 0 saturated carbocycles. The third-order valence-electron chi connectivity index (χ3n) is 2.06. The van der Waals surface area contributed by atoms with Gasteiger partial charge in [-0.1, -0.05) is 18.2 Å². The van der Waals surface area contributed by atoms with E-state index in [9.17, 15) is 9.59 Å². The van der Waals surface area contributed by atoms with Gasteiger partial charge in [-0.05, 0) is 32.9 Å². The minimum Gasteiger partial charge on any atom is -0.333 e. The lowest BCUT2D eigenvalue weighted by Crippen LogP contribution is -2.36. The molecule has 0 saturated heterocycles. The lowest BCUT2D eigenvalue weighted by Gasteiger charge is -2.24. The van der Waals surface area contributed by atoms with E-state index >= 15 is 0 Å². The Kier molecular flexibility index (Phi) is 3.89. The van der Waals surface area contributed by atoms with Gasteiger partial charge in [0.15, 0.2) is 0 Å². The number of hydrogen-bond donors (Lipinski definition) is 0. The number of carbonyl (C=O) groups excluding carboxylic acids is 2. The van der Waals surface area contributed by atoms with Crippen molar-refractivity contribution in [3.05, 3.63) is 30.3 Å². The van der Waals surface area contributed by atoms with Gasteiger partial charge in [0.25, 0.3) is 5.91 Å². The van der Waals surface area contributed by atoms with Crippen molar-refractivity contribution in [1.29, 1.82) is 0 Å². The highest BCUT2D eigenvalue weighted by Crippen LogP contribution is 2.20. The van der Waals surface area contributed by atoms with Crippen LogP contribution in [0.5, 0.6) is 0 Å². The number of benzene rings is 1. The third-order valence-corrected chi connectivity index (χ3v) is 2.06. The van der Waals surface area contributed by atoms with E-state index in [1.165, 1.54) is 6.92 Å². The monoisotopic (exact) mass is 235 g/mol. The summed E-state index contributed by atoms with van der Waals surface area (Å²) in [7, 11) is 0. The Hall–Kier alpha value is -1.84. The standard InChI is InChI=1S/C13H17NO3/c1-10(15)14(11-8-6-5-7-9-11)17-12(16)13(2,3)4/h5-9H,1-4H3. The van der Waals surface area contributed by atoms with E-state index in [0.29, 0.717) is 5.69 Å². The molecule has 0 N–H and O–H groups in total. The molecule has 0 unspecified atom stereocenters. The highest BCUT2D eigenvalue weighted by molar-refractivity contribution is 5.92. The molecule has 0 atom stereocenters. The van der Waals surface area contributed by atoms with E-state index in [0.717, 1.165) is 5.06 Å². The summed E-state index contributed by atoms with van der Waals surface area (Å²) in [5.74, 6) is -0.787. The smallest absolute Gasteiger partial charge is 0.333 e. The van der Waals surface area contributed by atoms with Gasteiger partial charge in [-0.2, -0.15) is 0 Å². The number of nitrogens with zero attached hydrogens (tertiary/aromatic N) is 1. The van der Waals surface area contributed by atoms with Crippen LogP contribution < -0.4 is 5.06 Å². The van der Waals surface area contributed by atoms with Crippen molar-refractivity contribution < 1.29 is 14.4 Å². The average Bonchev–Trinajstić information content (AvgIpc) is 2.25. The predicted octanol–water partition coefficient (Wildman–Crippen LogP) is 2.54. The van der Waals surface area contributed by atoms with E-state index < -0.39 is 11.4 Å². The molecule has 92 valence electrons. The second-order valence-corrected chi connectivity index (χ2v) is 4.78. The lowest BCUT2D eigenvalue weighted by molar-refractivity contribution is -0.158. The highest BCUT2D eigenvalue weighted by Gasteiger charge is 2.27. The second-order valence-electron chi connectivity index (χ2n) is 4.78.